The Morgan fingerprint density at radius 1 is 1.23 bits per heavy atom. The minimum Gasteiger partial charge on any atom is -0.451 e. The van der Waals surface area contributed by atoms with Gasteiger partial charge in [-0.3, -0.25) is 0 Å². The summed E-state index contributed by atoms with van der Waals surface area (Å²) < 4.78 is 12.0. The van der Waals surface area contributed by atoms with Crippen LogP contribution >= 0.6 is 0 Å². The summed E-state index contributed by atoms with van der Waals surface area (Å²) in [6, 6.07) is 3.04. The van der Waals surface area contributed by atoms with Crippen LogP contribution in [0.1, 0.15) is 57.4 Å². The number of aliphatic hydroxyl groups excluding tert-OH is 1. The van der Waals surface area contributed by atoms with Crippen molar-refractivity contribution in [1.82, 2.24) is 4.98 Å². The van der Waals surface area contributed by atoms with Gasteiger partial charge in [-0.25, -0.2) is 4.79 Å². The second-order valence-corrected chi connectivity index (χ2v) is 12.0. The number of aromatic amines is 1. The van der Waals surface area contributed by atoms with E-state index in [1.165, 1.54) is 26.1 Å². The van der Waals surface area contributed by atoms with E-state index in [4.69, 9.17) is 9.47 Å². The molecule has 1 spiro atoms. The molecule has 1 aromatic rings. The fourth-order valence-corrected chi connectivity index (χ4v) is 9.29. The molecular formula is C25H33NO9. The molecule has 0 aromatic carbocycles. The minimum absolute atomic E-state index is 0.0342. The Morgan fingerprint density at radius 3 is 2.46 bits per heavy atom. The Labute approximate surface area is 202 Å². The maximum Gasteiger partial charge on any atom is 0.355 e. The first-order chi connectivity index (χ1) is 16.0. The number of hydrogen-bond donors (Lipinski definition) is 7. The van der Waals surface area contributed by atoms with Gasteiger partial charge in [0.2, 0.25) is 0 Å². The van der Waals surface area contributed by atoms with Crippen LogP contribution in [0.4, 0.5) is 0 Å². The third kappa shape index (κ3) is 1.71. The highest BCUT2D eigenvalue weighted by Crippen LogP contribution is 2.90. The van der Waals surface area contributed by atoms with Gasteiger partial charge in [0.1, 0.15) is 34.2 Å². The maximum absolute atomic E-state index is 13.2. The first-order valence-electron chi connectivity index (χ1n) is 12.0. The van der Waals surface area contributed by atoms with Gasteiger partial charge in [0, 0.05) is 18.0 Å². The van der Waals surface area contributed by atoms with Gasteiger partial charge in [-0.1, -0.05) is 27.4 Å². The minimum atomic E-state index is -2.65. The Bertz CT molecular complexity index is 1170. The van der Waals surface area contributed by atoms with Crippen molar-refractivity contribution in [2.75, 3.05) is 0 Å². The van der Waals surface area contributed by atoms with E-state index in [1.807, 2.05) is 0 Å². The monoisotopic (exact) mass is 491 g/mol. The van der Waals surface area contributed by atoms with Crippen LogP contribution in [0.5, 0.6) is 0 Å². The number of ether oxygens (including phenoxy) is 2. The van der Waals surface area contributed by atoms with Crippen LogP contribution in [0, 0.1) is 16.7 Å². The molecule has 7 N–H and O–H groups in total. The lowest BCUT2D eigenvalue weighted by molar-refractivity contribution is -0.383. The van der Waals surface area contributed by atoms with Crippen molar-refractivity contribution in [3.63, 3.8) is 0 Å². The molecule has 6 fully saturated rings. The molecule has 6 aliphatic rings. The predicted molar refractivity (Wildman–Crippen MR) is 119 cm³/mol. The smallest absolute Gasteiger partial charge is 0.355 e. The highest BCUT2D eigenvalue weighted by molar-refractivity contribution is 5.87. The Balaban J connectivity index is 1.70. The zero-order chi connectivity index (χ0) is 25.8. The molecule has 7 rings (SSSR count). The van der Waals surface area contributed by atoms with Gasteiger partial charge < -0.3 is 45.1 Å². The molecule has 2 saturated heterocycles. The SMILES string of the molecule is C=C1CC[C@]2(O)[C@]3(C)C[C@]4(O)O[C@@]2([C@@H]1O)[C@]1(O)[C@@]3(O)[C@H](OC(=O)c2ccc[nH]2)[C@](O)(C(C)C)[C@@]14C. The van der Waals surface area contributed by atoms with Crippen LogP contribution in [-0.4, -0.2) is 87.6 Å². The third-order valence-electron chi connectivity index (χ3n) is 11.0. The van der Waals surface area contributed by atoms with Crippen molar-refractivity contribution in [3.05, 3.63) is 36.2 Å². The first kappa shape index (κ1) is 23.6. The number of aromatic nitrogens is 1. The number of hydrogen-bond acceptors (Lipinski definition) is 9. The summed E-state index contributed by atoms with van der Waals surface area (Å²) in [5.74, 6) is -3.97. The molecule has 2 aliphatic heterocycles. The average molecular weight is 492 g/mol. The predicted octanol–water partition coefficient (Wildman–Crippen LogP) is -0.268. The summed E-state index contributed by atoms with van der Waals surface area (Å²) in [5, 5.41) is 73.7. The Hall–Kier alpha value is -1.79. The van der Waals surface area contributed by atoms with Crippen LogP contribution in [0.15, 0.2) is 30.5 Å². The molecule has 0 radical (unpaired) electrons. The second kappa shape index (κ2) is 5.85. The van der Waals surface area contributed by atoms with Gasteiger partial charge >= 0.3 is 5.97 Å². The molecule has 4 saturated carbocycles. The zero-order valence-corrected chi connectivity index (χ0v) is 20.2. The molecule has 3 heterocycles. The normalized spacial score (nSPS) is 57.7. The quantitative estimate of drug-likeness (QED) is 0.222. The molecule has 1 aromatic heterocycles. The molecule has 10 nitrogen and oxygen atoms in total. The van der Waals surface area contributed by atoms with Gasteiger partial charge in [0.25, 0.3) is 0 Å². The number of nitrogens with one attached hydrogen (secondary N) is 1. The number of carbonyl (C=O) groups is 1. The van der Waals surface area contributed by atoms with Crippen LogP contribution in [-0.2, 0) is 9.47 Å². The van der Waals surface area contributed by atoms with Gasteiger partial charge in [0.05, 0.1) is 5.41 Å². The van der Waals surface area contributed by atoms with E-state index in [0.29, 0.717) is 0 Å². The molecule has 10 heteroatoms. The fourth-order valence-electron chi connectivity index (χ4n) is 9.29. The van der Waals surface area contributed by atoms with Gasteiger partial charge in [-0.2, -0.15) is 0 Å². The lowest BCUT2D eigenvalue weighted by Crippen LogP contribution is -2.74. The summed E-state index contributed by atoms with van der Waals surface area (Å²) in [6.45, 7) is 9.96. The topological polar surface area (TPSA) is 173 Å². The van der Waals surface area contributed by atoms with E-state index in [0.717, 1.165) is 0 Å². The molecule has 192 valence electrons. The van der Waals surface area contributed by atoms with Crippen molar-refractivity contribution < 1.29 is 44.9 Å². The van der Waals surface area contributed by atoms with Crippen molar-refractivity contribution in [2.45, 2.75) is 93.0 Å². The molecule has 6 bridgehead atoms. The van der Waals surface area contributed by atoms with Crippen LogP contribution in [0.25, 0.3) is 0 Å². The van der Waals surface area contributed by atoms with Crippen molar-refractivity contribution in [1.29, 1.82) is 0 Å². The van der Waals surface area contributed by atoms with Crippen LogP contribution in [0.3, 0.4) is 0 Å². The molecular weight excluding hydrogens is 458 g/mol. The standard InChI is InChI=1S/C25H33NO9/c1-12(2)22(31)17(34-16(28)14-7-6-10-26-14)23(32)18(4)11-21(30)19(22,5)25(23,33)24(35-21)15(27)13(3)8-9-20(18,24)29/h6-7,10,12,15,17,26-27,29-33H,3,8-9,11H2,1-2,4-5H3/t15-,17-,18+,19+,20+,21+,22-,23-,24-,25-/m1/s1. The number of carbonyl (C=O) groups excluding carboxylic acids is 1. The molecule has 4 aliphatic carbocycles. The summed E-state index contributed by atoms with van der Waals surface area (Å²) in [5.41, 5.74) is -15.4. The number of aliphatic hydroxyl groups is 6. The number of H-pyrrole nitrogens is 1. The molecule has 10 atom stereocenters. The van der Waals surface area contributed by atoms with E-state index >= 15 is 0 Å². The Kier molecular flexibility index (Phi) is 3.95. The largest absolute Gasteiger partial charge is 0.451 e. The number of esters is 1. The molecule has 0 amide bonds. The van der Waals surface area contributed by atoms with Gasteiger partial charge in [-0.05, 0) is 43.4 Å². The number of rotatable bonds is 3. The van der Waals surface area contributed by atoms with Crippen molar-refractivity contribution >= 4 is 5.97 Å². The fraction of sp³-hybridized carbons (Fsp3) is 0.720. The summed E-state index contributed by atoms with van der Waals surface area (Å²) in [4.78, 5) is 15.9. The van der Waals surface area contributed by atoms with Gasteiger partial charge in [0.15, 0.2) is 17.5 Å². The first-order valence-corrected chi connectivity index (χ1v) is 12.0. The van der Waals surface area contributed by atoms with Crippen molar-refractivity contribution in [3.8, 4) is 0 Å². The molecule has 35 heavy (non-hydrogen) atoms. The maximum atomic E-state index is 13.2. The lowest BCUT2D eigenvalue weighted by Gasteiger charge is -2.60. The van der Waals surface area contributed by atoms with E-state index in [9.17, 15) is 35.4 Å². The average Bonchev–Trinajstić information content (AvgIpc) is 3.41. The van der Waals surface area contributed by atoms with Gasteiger partial charge in [-0.15, -0.1) is 0 Å². The van der Waals surface area contributed by atoms with E-state index in [1.54, 1.807) is 19.9 Å². The summed E-state index contributed by atoms with van der Waals surface area (Å²) >= 11 is 0. The second-order valence-electron chi connectivity index (χ2n) is 12.0. The Morgan fingerprint density at radius 2 is 1.89 bits per heavy atom. The van der Waals surface area contributed by atoms with E-state index in [-0.39, 0.29) is 30.5 Å². The van der Waals surface area contributed by atoms with E-state index < -0.39 is 68.7 Å². The third-order valence-corrected chi connectivity index (χ3v) is 11.0. The van der Waals surface area contributed by atoms with Crippen LogP contribution in [0.2, 0.25) is 0 Å². The molecule has 0 unspecified atom stereocenters. The lowest BCUT2D eigenvalue weighted by atomic mass is 9.52. The highest BCUT2D eigenvalue weighted by atomic mass is 16.7. The highest BCUT2D eigenvalue weighted by Gasteiger charge is 3.10. The summed E-state index contributed by atoms with van der Waals surface area (Å²) in [6.07, 6.45) is -2.19. The van der Waals surface area contributed by atoms with E-state index in [2.05, 4.69) is 11.6 Å². The van der Waals surface area contributed by atoms with Crippen molar-refractivity contribution in [2.24, 2.45) is 16.7 Å². The zero-order valence-electron chi connectivity index (χ0n) is 20.2. The summed E-state index contributed by atoms with van der Waals surface area (Å²) in [7, 11) is 0. The van der Waals surface area contributed by atoms with Crippen LogP contribution < -0.4 is 0 Å².